The lowest BCUT2D eigenvalue weighted by molar-refractivity contribution is 0.301. The van der Waals surface area contributed by atoms with Crippen molar-refractivity contribution in [3.05, 3.63) is 65.0 Å². The summed E-state index contributed by atoms with van der Waals surface area (Å²) in [5.74, 6) is 1.41. The SMILES string of the molecule is CCCOc1ccc(-c2ccc(CC/C=C/C3CCC(C)CC3)cc2)c(Cl)c1F. The van der Waals surface area contributed by atoms with E-state index in [9.17, 15) is 4.39 Å². The molecule has 0 unspecified atom stereocenters. The second-order valence-electron chi connectivity index (χ2n) is 8.27. The number of hydrogen-bond donors (Lipinski definition) is 0. The maximum absolute atomic E-state index is 14.5. The highest BCUT2D eigenvalue weighted by atomic mass is 35.5. The molecule has 0 saturated heterocycles. The van der Waals surface area contributed by atoms with E-state index in [2.05, 4.69) is 31.2 Å². The summed E-state index contributed by atoms with van der Waals surface area (Å²) in [4.78, 5) is 0. The summed E-state index contributed by atoms with van der Waals surface area (Å²) < 4.78 is 19.9. The summed E-state index contributed by atoms with van der Waals surface area (Å²) in [6, 6.07) is 11.8. The molecule has 1 aliphatic carbocycles. The summed E-state index contributed by atoms with van der Waals surface area (Å²) >= 11 is 6.27. The van der Waals surface area contributed by atoms with Gasteiger partial charge in [-0.1, -0.05) is 74.7 Å². The van der Waals surface area contributed by atoms with Gasteiger partial charge < -0.3 is 4.74 Å². The lowest BCUT2D eigenvalue weighted by Crippen LogP contribution is -2.09. The number of benzene rings is 2. The maximum atomic E-state index is 14.5. The van der Waals surface area contributed by atoms with Gasteiger partial charge in [-0.3, -0.25) is 0 Å². The molecule has 0 atom stereocenters. The molecule has 156 valence electrons. The van der Waals surface area contributed by atoms with E-state index < -0.39 is 5.82 Å². The van der Waals surface area contributed by atoms with Gasteiger partial charge in [0, 0.05) is 5.56 Å². The first-order valence-corrected chi connectivity index (χ1v) is 11.3. The van der Waals surface area contributed by atoms with Crippen molar-refractivity contribution >= 4 is 11.6 Å². The molecule has 3 heteroatoms. The standard InChI is InChI=1S/C26H32ClFO/c1-3-18-29-24-17-16-23(25(27)26(24)28)22-14-12-21(13-15-22)7-5-4-6-20-10-8-19(2)9-11-20/h4,6,12-17,19-20H,3,5,7-11,18H2,1-2H3/b6-4+. The first-order valence-electron chi connectivity index (χ1n) is 10.9. The lowest BCUT2D eigenvalue weighted by Gasteiger charge is -2.23. The Bertz CT molecular complexity index is 804. The molecule has 2 aromatic carbocycles. The van der Waals surface area contributed by atoms with Gasteiger partial charge in [-0.2, -0.15) is 0 Å². The van der Waals surface area contributed by atoms with Gasteiger partial charge in [-0.25, -0.2) is 4.39 Å². The van der Waals surface area contributed by atoms with Crippen molar-refractivity contribution in [3.63, 3.8) is 0 Å². The third-order valence-electron chi connectivity index (χ3n) is 5.84. The van der Waals surface area contributed by atoms with Crippen LogP contribution in [0.2, 0.25) is 5.02 Å². The van der Waals surface area contributed by atoms with E-state index in [0.717, 1.165) is 36.7 Å². The summed E-state index contributed by atoms with van der Waals surface area (Å²) in [5, 5.41) is 0.121. The fourth-order valence-corrected chi connectivity index (χ4v) is 4.21. The van der Waals surface area contributed by atoms with Crippen LogP contribution >= 0.6 is 11.6 Å². The van der Waals surface area contributed by atoms with Crippen molar-refractivity contribution in [2.45, 2.75) is 58.8 Å². The van der Waals surface area contributed by atoms with Crippen molar-refractivity contribution in [2.24, 2.45) is 11.8 Å². The molecular formula is C26H32ClFO. The summed E-state index contributed by atoms with van der Waals surface area (Å²) in [5.41, 5.74) is 2.91. The molecule has 0 aliphatic heterocycles. The van der Waals surface area contributed by atoms with Crippen LogP contribution < -0.4 is 4.74 Å². The van der Waals surface area contributed by atoms with Gasteiger partial charge in [0.1, 0.15) is 0 Å². The van der Waals surface area contributed by atoms with Gasteiger partial charge >= 0.3 is 0 Å². The Morgan fingerprint density at radius 3 is 2.48 bits per heavy atom. The molecule has 1 fully saturated rings. The third-order valence-corrected chi connectivity index (χ3v) is 6.21. The minimum absolute atomic E-state index is 0.121. The van der Waals surface area contributed by atoms with E-state index in [-0.39, 0.29) is 10.8 Å². The molecule has 2 aromatic rings. The Morgan fingerprint density at radius 2 is 1.79 bits per heavy atom. The third kappa shape index (κ3) is 6.09. The summed E-state index contributed by atoms with van der Waals surface area (Å²) in [6.07, 6.45) is 13.1. The smallest absolute Gasteiger partial charge is 0.184 e. The molecule has 0 amide bonds. The molecule has 3 rings (SSSR count). The molecule has 0 heterocycles. The molecule has 0 spiro atoms. The van der Waals surface area contributed by atoms with E-state index in [1.54, 1.807) is 6.07 Å². The van der Waals surface area contributed by atoms with Crippen LogP contribution in [0.3, 0.4) is 0 Å². The largest absolute Gasteiger partial charge is 0.490 e. The summed E-state index contributed by atoms with van der Waals surface area (Å²) in [7, 11) is 0. The monoisotopic (exact) mass is 414 g/mol. The first-order chi connectivity index (χ1) is 14.1. The van der Waals surface area contributed by atoms with Crippen LogP contribution in [-0.4, -0.2) is 6.61 Å². The fourth-order valence-electron chi connectivity index (χ4n) is 3.95. The molecule has 0 aromatic heterocycles. The molecule has 1 aliphatic rings. The molecule has 0 bridgehead atoms. The van der Waals surface area contributed by atoms with Gasteiger partial charge in [0.25, 0.3) is 0 Å². The quantitative estimate of drug-likeness (QED) is 0.395. The highest BCUT2D eigenvalue weighted by molar-refractivity contribution is 6.33. The van der Waals surface area contributed by atoms with Crippen molar-refractivity contribution in [1.29, 1.82) is 0 Å². The zero-order chi connectivity index (χ0) is 20.6. The van der Waals surface area contributed by atoms with Crippen LogP contribution in [0.5, 0.6) is 5.75 Å². The second-order valence-corrected chi connectivity index (χ2v) is 8.65. The molecule has 0 radical (unpaired) electrons. The minimum Gasteiger partial charge on any atom is -0.490 e. The Kier molecular flexibility index (Phi) is 8.18. The normalized spacial score (nSPS) is 19.6. The van der Waals surface area contributed by atoms with Crippen LogP contribution in [-0.2, 0) is 6.42 Å². The predicted molar refractivity (Wildman–Crippen MR) is 121 cm³/mol. The highest BCUT2D eigenvalue weighted by Crippen LogP contribution is 2.35. The average molecular weight is 415 g/mol. The van der Waals surface area contributed by atoms with Crippen LogP contribution in [0.25, 0.3) is 11.1 Å². The van der Waals surface area contributed by atoms with Crippen molar-refractivity contribution in [3.8, 4) is 16.9 Å². The molecule has 0 N–H and O–H groups in total. The van der Waals surface area contributed by atoms with Gasteiger partial charge in [0.2, 0.25) is 0 Å². The van der Waals surface area contributed by atoms with E-state index in [1.807, 2.05) is 25.1 Å². The molecule has 1 nitrogen and oxygen atoms in total. The van der Waals surface area contributed by atoms with Crippen molar-refractivity contribution in [2.75, 3.05) is 6.61 Å². The van der Waals surface area contributed by atoms with Gasteiger partial charge in [0.15, 0.2) is 11.6 Å². The number of rotatable bonds is 8. The fraction of sp³-hybridized carbons (Fsp3) is 0.462. The van der Waals surface area contributed by atoms with E-state index in [0.29, 0.717) is 12.2 Å². The van der Waals surface area contributed by atoms with Crippen molar-refractivity contribution in [1.82, 2.24) is 0 Å². The van der Waals surface area contributed by atoms with Crippen LogP contribution in [0.4, 0.5) is 4.39 Å². The van der Waals surface area contributed by atoms with Crippen LogP contribution in [0, 0.1) is 17.7 Å². The number of ether oxygens (including phenoxy) is 1. The van der Waals surface area contributed by atoms with Crippen molar-refractivity contribution < 1.29 is 9.13 Å². The second kappa shape index (κ2) is 10.8. The van der Waals surface area contributed by atoms with Crippen LogP contribution in [0.15, 0.2) is 48.6 Å². The topological polar surface area (TPSA) is 9.23 Å². The Hall–Kier alpha value is -1.80. The highest BCUT2D eigenvalue weighted by Gasteiger charge is 2.16. The first kappa shape index (κ1) is 21.9. The number of hydrogen-bond acceptors (Lipinski definition) is 1. The molecular weight excluding hydrogens is 383 g/mol. The van der Waals surface area contributed by atoms with E-state index in [1.165, 1.54) is 31.2 Å². The Balaban J connectivity index is 1.56. The minimum atomic E-state index is -0.482. The Labute approximate surface area is 179 Å². The van der Waals surface area contributed by atoms with Crippen LogP contribution in [0.1, 0.15) is 57.9 Å². The number of aryl methyl sites for hydroxylation is 1. The number of allylic oxidation sites excluding steroid dienone is 2. The number of halogens is 2. The van der Waals surface area contributed by atoms with E-state index >= 15 is 0 Å². The van der Waals surface area contributed by atoms with Gasteiger partial charge in [-0.05, 0) is 67.2 Å². The zero-order valence-electron chi connectivity index (χ0n) is 17.6. The average Bonchev–Trinajstić information content (AvgIpc) is 2.74. The van der Waals surface area contributed by atoms with E-state index in [4.69, 9.17) is 16.3 Å². The zero-order valence-corrected chi connectivity index (χ0v) is 18.4. The molecule has 29 heavy (non-hydrogen) atoms. The maximum Gasteiger partial charge on any atom is 0.184 e. The lowest BCUT2D eigenvalue weighted by atomic mass is 9.83. The van der Waals surface area contributed by atoms with Gasteiger partial charge in [0.05, 0.1) is 11.6 Å². The van der Waals surface area contributed by atoms with Gasteiger partial charge in [-0.15, -0.1) is 0 Å². The summed E-state index contributed by atoms with van der Waals surface area (Å²) in [6.45, 7) is 4.83. The predicted octanol–water partition coefficient (Wildman–Crippen LogP) is 8.25. The molecule has 1 saturated carbocycles. The Morgan fingerprint density at radius 1 is 1.07 bits per heavy atom.